The average molecular weight is 198 g/mol. The van der Waals surface area contributed by atoms with Gasteiger partial charge in [-0.2, -0.15) is 0 Å². The van der Waals surface area contributed by atoms with Crippen molar-refractivity contribution >= 4 is 0 Å². The van der Waals surface area contributed by atoms with Gasteiger partial charge in [0, 0.05) is 0 Å². The lowest BCUT2D eigenvalue weighted by atomic mass is 9.74. The molecule has 0 radical (unpaired) electrons. The summed E-state index contributed by atoms with van der Waals surface area (Å²) in [5.41, 5.74) is 0.547. The maximum atomic E-state index is 2.43. The summed E-state index contributed by atoms with van der Waals surface area (Å²) in [7, 11) is 0. The highest BCUT2D eigenvalue weighted by molar-refractivity contribution is 4.74. The van der Waals surface area contributed by atoms with Crippen LogP contribution in [0.3, 0.4) is 0 Å². The summed E-state index contributed by atoms with van der Waals surface area (Å²) in [5, 5.41) is 0. The van der Waals surface area contributed by atoms with Gasteiger partial charge in [0.1, 0.15) is 0 Å². The van der Waals surface area contributed by atoms with Crippen LogP contribution in [-0.2, 0) is 0 Å². The molecule has 86 valence electrons. The molecule has 0 saturated heterocycles. The molecular formula is C14H30. The normalized spacial score (nSPS) is 14.8. The van der Waals surface area contributed by atoms with Crippen molar-refractivity contribution in [2.24, 2.45) is 17.3 Å². The maximum Gasteiger partial charge on any atom is -0.0329 e. The molecule has 0 N–H and O–H groups in total. The fourth-order valence-corrected chi connectivity index (χ4v) is 2.11. The third kappa shape index (κ3) is 5.67. The first-order chi connectivity index (χ1) is 6.40. The fraction of sp³-hybridized carbons (Fsp3) is 1.00. The smallest absolute Gasteiger partial charge is 0.0329 e. The van der Waals surface area contributed by atoms with Crippen LogP contribution in [0.25, 0.3) is 0 Å². The van der Waals surface area contributed by atoms with Crippen LogP contribution in [0.1, 0.15) is 73.6 Å². The van der Waals surface area contributed by atoms with Crippen LogP contribution >= 0.6 is 0 Å². The van der Waals surface area contributed by atoms with Crippen molar-refractivity contribution in [3.63, 3.8) is 0 Å². The summed E-state index contributed by atoms with van der Waals surface area (Å²) < 4.78 is 0. The molecule has 0 aromatic carbocycles. The Hall–Kier alpha value is 0. The van der Waals surface area contributed by atoms with Crippen molar-refractivity contribution in [2.75, 3.05) is 0 Å². The molecule has 0 nitrogen and oxygen atoms in total. The van der Waals surface area contributed by atoms with Gasteiger partial charge in [0.15, 0.2) is 0 Å². The molecule has 14 heavy (non-hydrogen) atoms. The average Bonchev–Trinajstić information content (AvgIpc) is 2.03. The van der Waals surface area contributed by atoms with Gasteiger partial charge in [0.25, 0.3) is 0 Å². The van der Waals surface area contributed by atoms with Crippen molar-refractivity contribution in [3.8, 4) is 0 Å². The van der Waals surface area contributed by atoms with Gasteiger partial charge in [0.05, 0.1) is 0 Å². The highest BCUT2D eigenvalue weighted by Gasteiger charge is 2.23. The molecule has 0 fully saturated rings. The minimum atomic E-state index is 0.547. The topological polar surface area (TPSA) is 0 Å². The summed E-state index contributed by atoms with van der Waals surface area (Å²) >= 11 is 0. The van der Waals surface area contributed by atoms with E-state index in [0.29, 0.717) is 5.41 Å². The van der Waals surface area contributed by atoms with Gasteiger partial charge >= 0.3 is 0 Å². The van der Waals surface area contributed by atoms with E-state index in [4.69, 9.17) is 0 Å². The Bertz CT molecular complexity index is 133. The monoisotopic (exact) mass is 198 g/mol. The fourth-order valence-electron chi connectivity index (χ4n) is 2.11. The molecular weight excluding hydrogens is 168 g/mol. The zero-order valence-corrected chi connectivity index (χ0v) is 11.2. The van der Waals surface area contributed by atoms with Crippen LogP contribution in [-0.4, -0.2) is 0 Å². The second-order valence-electron chi connectivity index (χ2n) is 5.96. The molecule has 0 amide bonds. The molecule has 0 aliphatic carbocycles. The van der Waals surface area contributed by atoms with Gasteiger partial charge in [-0.3, -0.25) is 0 Å². The Morgan fingerprint density at radius 3 is 2.00 bits per heavy atom. The lowest BCUT2D eigenvalue weighted by molar-refractivity contribution is 0.192. The summed E-state index contributed by atoms with van der Waals surface area (Å²) in [6, 6.07) is 0. The molecule has 0 aliphatic heterocycles. The molecule has 0 bridgehead atoms. The zero-order chi connectivity index (χ0) is 11.2. The second kappa shape index (κ2) is 6.48. The summed E-state index contributed by atoms with van der Waals surface area (Å²) in [4.78, 5) is 0. The van der Waals surface area contributed by atoms with Crippen molar-refractivity contribution in [1.29, 1.82) is 0 Å². The third-order valence-electron chi connectivity index (χ3n) is 3.65. The van der Waals surface area contributed by atoms with Gasteiger partial charge in [-0.15, -0.1) is 0 Å². The highest BCUT2D eigenvalue weighted by atomic mass is 14.3. The minimum Gasteiger partial charge on any atom is -0.0654 e. The van der Waals surface area contributed by atoms with Crippen LogP contribution in [0.15, 0.2) is 0 Å². The van der Waals surface area contributed by atoms with E-state index >= 15 is 0 Å². The molecule has 0 heteroatoms. The van der Waals surface area contributed by atoms with Crippen LogP contribution in [0.5, 0.6) is 0 Å². The van der Waals surface area contributed by atoms with E-state index < -0.39 is 0 Å². The summed E-state index contributed by atoms with van der Waals surface area (Å²) in [6.07, 6.45) is 6.90. The first kappa shape index (κ1) is 14.0. The lowest BCUT2D eigenvalue weighted by Crippen LogP contribution is -2.21. The standard InChI is InChI=1S/C14H30/c1-7-11-14(5,6)13(4)10-8-9-12(2)3/h12-13H,7-11H2,1-6H3. The van der Waals surface area contributed by atoms with Gasteiger partial charge in [-0.05, 0) is 23.7 Å². The summed E-state index contributed by atoms with van der Waals surface area (Å²) in [6.45, 7) is 14.2. The van der Waals surface area contributed by atoms with E-state index in [1.165, 1.54) is 32.1 Å². The van der Waals surface area contributed by atoms with Gasteiger partial charge in [-0.25, -0.2) is 0 Å². The summed E-state index contributed by atoms with van der Waals surface area (Å²) in [5.74, 6) is 1.75. The third-order valence-corrected chi connectivity index (χ3v) is 3.65. The van der Waals surface area contributed by atoms with E-state index in [-0.39, 0.29) is 0 Å². The molecule has 0 saturated carbocycles. The Balaban J connectivity index is 3.76. The Labute approximate surface area is 91.5 Å². The lowest BCUT2D eigenvalue weighted by Gasteiger charge is -2.32. The predicted octanol–water partition coefficient (Wildman–Crippen LogP) is 5.28. The van der Waals surface area contributed by atoms with Crippen LogP contribution in [0.2, 0.25) is 0 Å². The molecule has 0 rings (SSSR count). The second-order valence-corrected chi connectivity index (χ2v) is 5.96. The molecule has 1 atom stereocenters. The van der Waals surface area contributed by atoms with Crippen LogP contribution < -0.4 is 0 Å². The SMILES string of the molecule is CCCC(C)(C)C(C)CCCC(C)C. The number of rotatable bonds is 7. The molecule has 0 spiro atoms. The largest absolute Gasteiger partial charge is 0.0654 e. The van der Waals surface area contributed by atoms with Gasteiger partial charge in [-0.1, -0.05) is 67.2 Å². The quantitative estimate of drug-likeness (QED) is 0.522. The Morgan fingerprint density at radius 1 is 1.00 bits per heavy atom. The molecule has 0 aromatic heterocycles. The Kier molecular flexibility index (Phi) is 6.48. The first-order valence-corrected chi connectivity index (χ1v) is 6.40. The van der Waals surface area contributed by atoms with E-state index in [0.717, 1.165) is 11.8 Å². The van der Waals surface area contributed by atoms with E-state index in [2.05, 4.69) is 41.5 Å². The van der Waals surface area contributed by atoms with Gasteiger partial charge < -0.3 is 0 Å². The highest BCUT2D eigenvalue weighted by Crippen LogP contribution is 2.35. The molecule has 1 unspecified atom stereocenters. The first-order valence-electron chi connectivity index (χ1n) is 6.40. The van der Waals surface area contributed by atoms with E-state index in [1.54, 1.807) is 0 Å². The van der Waals surface area contributed by atoms with Crippen molar-refractivity contribution < 1.29 is 0 Å². The molecule has 0 aromatic rings. The van der Waals surface area contributed by atoms with E-state index in [1.807, 2.05) is 0 Å². The van der Waals surface area contributed by atoms with Gasteiger partial charge in [0.2, 0.25) is 0 Å². The maximum absolute atomic E-state index is 2.43. The van der Waals surface area contributed by atoms with Crippen LogP contribution in [0.4, 0.5) is 0 Å². The van der Waals surface area contributed by atoms with Crippen molar-refractivity contribution in [1.82, 2.24) is 0 Å². The minimum absolute atomic E-state index is 0.547. The zero-order valence-electron chi connectivity index (χ0n) is 11.2. The van der Waals surface area contributed by atoms with E-state index in [9.17, 15) is 0 Å². The van der Waals surface area contributed by atoms with Crippen molar-refractivity contribution in [2.45, 2.75) is 73.6 Å². The van der Waals surface area contributed by atoms with Crippen molar-refractivity contribution in [3.05, 3.63) is 0 Å². The van der Waals surface area contributed by atoms with Crippen LogP contribution in [0, 0.1) is 17.3 Å². The predicted molar refractivity (Wildman–Crippen MR) is 66.5 cm³/mol. The molecule has 0 heterocycles. The Morgan fingerprint density at radius 2 is 1.57 bits per heavy atom. The number of hydrogen-bond acceptors (Lipinski definition) is 0. The molecule has 0 aliphatic rings. The number of hydrogen-bond donors (Lipinski definition) is 0.